The lowest BCUT2D eigenvalue weighted by Crippen LogP contribution is -2.26. The lowest BCUT2D eigenvalue weighted by molar-refractivity contribution is -0.140. The van der Waals surface area contributed by atoms with Gasteiger partial charge in [0.05, 0.1) is 11.8 Å². The van der Waals surface area contributed by atoms with Crippen LogP contribution in [-0.4, -0.2) is 15.5 Å². The van der Waals surface area contributed by atoms with Gasteiger partial charge >= 0.3 is 6.18 Å². The molecule has 0 heterocycles. The van der Waals surface area contributed by atoms with Gasteiger partial charge in [-0.05, 0) is 32.4 Å². The van der Waals surface area contributed by atoms with E-state index in [1.165, 1.54) is 19.2 Å². The van der Waals surface area contributed by atoms with Gasteiger partial charge in [-0.1, -0.05) is 23.5 Å². The average Bonchev–Trinajstić information content (AvgIpc) is 2.33. The lowest BCUT2D eigenvalue weighted by Gasteiger charge is -2.18. The SMILES string of the molecule is CC(/C=N\[S@+]([O-])C(C)(C)C)c1cccc(C(F)(F)F)c1F. The third-order valence-corrected chi connectivity index (χ3v) is 4.09. The van der Waals surface area contributed by atoms with Gasteiger partial charge in [0.15, 0.2) is 0 Å². The highest BCUT2D eigenvalue weighted by molar-refractivity contribution is 7.91. The topological polar surface area (TPSA) is 35.4 Å². The summed E-state index contributed by atoms with van der Waals surface area (Å²) >= 11 is -1.54. The number of alkyl halides is 3. The zero-order chi connectivity index (χ0) is 16.4. The molecule has 0 aromatic heterocycles. The third kappa shape index (κ3) is 4.71. The second-order valence-corrected chi connectivity index (χ2v) is 7.55. The van der Waals surface area contributed by atoms with Crippen molar-refractivity contribution in [3.8, 4) is 0 Å². The first-order valence-corrected chi connectivity index (χ1v) is 7.37. The summed E-state index contributed by atoms with van der Waals surface area (Å²) in [5.41, 5.74) is -1.43. The van der Waals surface area contributed by atoms with E-state index < -0.39 is 39.6 Å². The molecular formula is C14H17F4NOS. The van der Waals surface area contributed by atoms with Crippen molar-refractivity contribution in [2.24, 2.45) is 4.40 Å². The summed E-state index contributed by atoms with van der Waals surface area (Å²) in [6.07, 6.45) is -3.52. The molecule has 7 heteroatoms. The van der Waals surface area contributed by atoms with Gasteiger partial charge in [0.25, 0.3) is 0 Å². The van der Waals surface area contributed by atoms with Crippen LogP contribution in [0.2, 0.25) is 0 Å². The summed E-state index contributed by atoms with van der Waals surface area (Å²) in [4.78, 5) is 0. The molecule has 2 atom stereocenters. The normalized spacial score (nSPS) is 16.2. The van der Waals surface area contributed by atoms with Gasteiger partial charge in [0.2, 0.25) is 0 Å². The predicted octanol–water partition coefficient (Wildman–Crippen LogP) is 4.48. The summed E-state index contributed by atoms with van der Waals surface area (Å²) in [7, 11) is 0. The summed E-state index contributed by atoms with van der Waals surface area (Å²) in [5, 5.41) is 0. The number of nitrogens with zero attached hydrogens (tertiary/aromatic N) is 1. The lowest BCUT2D eigenvalue weighted by atomic mass is 9.99. The first-order chi connectivity index (χ1) is 9.44. The molecule has 0 aliphatic rings. The van der Waals surface area contributed by atoms with Crippen molar-refractivity contribution in [2.75, 3.05) is 0 Å². The van der Waals surface area contributed by atoms with Gasteiger partial charge in [0.1, 0.15) is 21.9 Å². The van der Waals surface area contributed by atoms with E-state index in [0.29, 0.717) is 6.07 Å². The molecule has 0 amide bonds. The van der Waals surface area contributed by atoms with Crippen LogP contribution in [-0.2, 0) is 17.5 Å². The summed E-state index contributed by atoms with van der Waals surface area (Å²) < 4.78 is 66.8. The maximum Gasteiger partial charge on any atom is 0.419 e. The van der Waals surface area contributed by atoms with Crippen molar-refractivity contribution in [1.82, 2.24) is 0 Å². The van der Waals surface area contributed by atoms with Crippen molar-refractivity contribution in [3.05, 3.63) is 35.1 Å². The molecular weight excluding hydrogens is 306 g/mol. The van der Waals surface area contributed by atoms with Gasteiger partial charge in [-0.2, -0.15) is 13.2 Å². The maximum atomic E-state index is 13.9. The van der Waals surface area contributed by atoms with E-state index in [2.05, 4.69) is 4.40 Å². The Morgan fingerprint density at radius 3 is 2.29 bits per heavy atom. The summed E-state index contributed by atoms with van der Waals surface area (Å²) in [6.45, 7) is 6.66. The van der Waals surface area contributed by atoms with E-state index in [1.54, 1.807) is 20.8 Å². The maximum absolute atomic E-state index is 13.9. The molecule has 21 heavy (non-hydrogen) atoms. The number of rotatable bonds is 3. The molecule has 0 radical (unpaired) electrons. The Balaban J connectivity index is 3.04. The Labute approximate surface area is 124 Å². The fourth-order valence-corrected chi connectivity index (χ4v) is 2.11. The molecule has 1 aromatic carbocycles. The quantitative estimate of drug-likeness (QED) is 0.459. The molecule has 1 aromatic rings. The molecule has 0 fully saturated rings. The van der Waals surface area contributed by atoms with Gasteiger partial charge in [-0.25, -0.2) is 4.39 Å². The zero-order valence-electron chi connectivity index (χ0n) is 12.2. The first kappa shape index (κ1) is 18.0. The van der Waals surface area contributed by atoms with E-state index in [1.807, 2.05) is 0 Å². The van der Waals surface area contributed by atoms with E-state index in [-0.39, 0.29) is 5.56 Å². The van der Waals surface area contributed by atoms with Crippen molar-refractivity contribution < 1.29 is 22.1 Å². The van der Waals surface area contributed by atoms with Gasteiger partial charge in [-0.3, -0.25) is 0 Å². The molecule has 0 saturated heterocycles. The molecule has 0 aliphatic carbocycles. The fourth-order valence-electron chi connectivity index (χ4n) is 1.51. The first-order valence-electron chi connectivity index (χ1n) is 6.26. The highest BCUT2D eigenvalue weighted by Crippen LogP contribution is 2.34. The van der Waals surface area contributed by atoms with Crippen LogP contribution in [0.3, 0.4) is 0 Å². The molecule has 0 aliphatic heterocycles. The van der Waals surface area contributed by atoms with Crippen LogP contribution >= 0.6 is 0 Å². The van der Waals surface area contributed by atoms with Crippen molar-refractivity contribution in [2.45, 2.75) is 44.5 Å². The van der Waals surface area contributed by atoms with Crippen LogP contribution in [0.25, 0.3) is 0 Å². The van der Waals surface area contributed by atoms with Crippen LogP contribution in [0.4, 0.5) is 17.6 Å². The van der Waals surface area contributed by atoms with E-state index in [0.717, 1.165) is 6.07 Å². The second kappa shape index (κ2) is 6.36. The average molecular weight is 323 g/mol. The van der Waals surface area contributed by atoms with E-state index in [4.69, 9.17) is 0 Å². The molecule has 0 saturated carbocycles. The highest BCUT2D eigenvalue weighted by atomic mass is 32.2. The smallest absolute Gasteiger partial charge is 0.419 e. The predicted molar refractivity (Wildman–Crippen MR) is 76.2 cm³/mol. The van der Waals surface area contributed by atoms with Crippen molar-refractivity contribution in [1.29, 1.82) is 0 Å². The number of halogens is 4. The fraction of sp³-hybridized carbons (Fsp3) is 0.500. The molecule has 0 bridgehead atoms. The Bertz CT molecular complexity index is 523. The Morgan fingerprint density at radius 2 is 1.81 bits per heavy atom. The molecule has 0 spiro atoms. The van der Waals surface area contributed by atoms with Crippen molar-refractivity contribution >= 4 is 17.6 Å². The molecule has 118 valence electrons. The van der Waals surface area contributed by atoms with Crippen LogP contribution < -0.4 is 0 Å². The minimum Gasteiger partial charge on any atom is -0.591 e. The Morgan fingerprint density at radius 1 is 1.24 bits per heavy atom. The molecule has 1 unspecified atom stereocenters. The minimum absolute atomic E-state index is 0.125. The largest absolute Gasteiger partial charge is 0.591 e. The van der Waals surface area contributed by atoms with E-state index >= 15 is 0 Å². The molecule has 1 rings (SSSR count). The van der Waals surface area contributed by atoms with Gasteiger partial charge in [0, 0.05) is 5.92 Å². The number of benzene rings is 1. The van der Waals surface area contributed by atoms with E-state index in [9.17, 15) is 22.1 Å². The zero-order valence-corrected chi connectivity index (χ0v) is 13.0. The molecule has 2 nitrogen and oxygen atoms in total. The number of hydrogen-bond acceptors (Lipinski definition) is 2. The van der Waals surface area contributed by atoms with Gasteiger partial charge in [-0.15, -0.1) is 0 Å². The summed E-state index contributed by atoms with van der Waals surface area (Å²) in [6, 6.07) is 3.10. The van der Waals surface area contributed by atoms with Crippen LogP contribution in [0.5, 0.6) is 0 Å². The monoisotopic (exact) mass is 323 g/mol. The van der Waals surface area contributed by atoms with Gasteiger partial charge < -0.3 is 4.55 Å². The summed E-state index contributed by atoms with van der Waals surface area (Å²) in [5.74, 6) is -2.02. The number of hydrogen-bond donors (Lipinski definition) is 0. The highest BCUT2D eigenvalue weighted by Gasteiger charge is 2.35. The van der Waals surface area contributed by atoms with Crippen LogP contribution in [0.1, 0.15) is 44.7 Å². The van der Waals surface area contributed by atoms with Crippen LogP contribution in [0.15, 0.2) is 22.6 Å². The second-order valence-electron chi connectivity index (χ2n) is 5.61. The van der Waals surface area contributed by atoms with Crippen LogP contribution in [0, 0.1) is 5.82 Å². The molecule has 0 N–H and O–H groups in total. The van der Waals surface area contributed by atoms with Crippen molar-refractivity contribution in [3.63, 3.8) is 0 Å². The Kier molecular flexibility index (Phi) is 5.44. The Hall–Kier alpha value is -1.08. The standard InChI is InChI=1S/C14H17F4NOS/c1-9(8-19-21(20)13(2,3)4)10-6-5-7-11(12(10)15)14(16,17)18/h5-9H,1-4H3/b19-8-/t9?,21-/m1/s1. The third-order valence-electron chi connectivity index (χ3n) is 2.73. The minimum atomic E-state index is -4.74.